The van der Waals surface area contributed by atoms with E-state index in [-0.39, 0.29) is 12.5 Å². The standard InChI is InChI=1S/C11H15N3O3/c1-6-7(4-9(12)15)8-5-13(2)11(16)14(3)10(8)17-6/h4-5H2,1-3H3,(H2,12,15). The van der Waals surface area contributed by atoms with Crippen LogP contribution < -0.4 is 10.6 Å². The number of hydrogen-bond donors (Lipinski definition) is 1. The van der Waals surface area contributed by atoms with Gasteiger partial charge >= 0.3 is 6.03 Å². The van der Waals surface area contributed by atoms with Gasteiger partial charge in [-0.1, -0.05) is 0 Å². The molecule has 0 fully saturated rings. The molecule has 2 heterocycles. The second-order valence-corrected chi connectivity index (χ2v) is 4.26. The van der Waals surface area contributed by atoms with Crippen LogP contribution in [-0.4, -0.2) is 30.9 Å². The maximum Gasteiger partial charge on any atom is 0.326 e. The first-order chi connectivity index (χ1) is 7.91. The summed E-state index contributed by atoms with van der Waals surface area (Å²) in [7, 11) is 3.35. The molecule has 0 aliphatic carbocycles. The van der Waals surface area contributed by atoms with Gasteiger partial charge in [-0.05, 0) is 6.92 Å². The highest BCUT2D eigenvalue weighted by molar-refractivity contribution is 5.93. The number of furan rings is 1. The zero-order valence-electron chi connectivity index (χ0n) is 10.1. The van der Waals surface area contributed by atoms with Gasteiger partial charge < -0.3 is 15.1 Å². The molecule has 0 aromatic carbocycles. The van der Waals surface area contributed by atoms with Crippen LogP contribution in [-0.2, 0) is 17.8 Å². The molecule has 2 rings (SSSR count). The highest BCUT2D eigenvalue weighted by Gasteiger charge is 2.32. The van der Waals surface area contributed by atoms with E-state index in [0.29, 0.717) is 18.2 Å². The van der Waals surface area contributed by atoms with Crippen molar-refractivity contribution in [2.24, 2.45) is 5.73 Å². The number of rotatable bonds is 2. The van der Waals surface area contributed by atoms with Crippen LogP contribution in [0.1, 0.15) is 16.9 Å². The maximum atomic E-state index is 11.7. The number of hydrogen-bond acceptors (Lipinski definition) is 3. The maximum absolute atomic E-state index is 11.7. The number of nitrogens with two attached hydrogens (primary N) is 1. The zero-order chi connectivity index (χ0) is 12.7. The third-order valence-electron chi connectivity index (χ3n) is 2.96. The highest BCUT2D eigenvalue weighted by atomic mass is 16.4. The van der Waals surface area contributed by atoms with Crippen molar-refractivity contribution in [2.45, 2.75) is 19.9 Å². The minimum Gasteiger partial charge on any atom is -0.445 e. The third kappa shape index (κ3) is 1.75. The topological polar surface area (TPSA) is 79.8 Å². The lowest BCUT2D eigenvalue weighted by atomic mass is 10.1. The van der Waals surface area contributed by atoms with Gasteiger partial charge in [0.15, 0.2) is 0 Å². The van der Waals surface area contributed by atoms with Crippen LogP contribution in [0.2, 0.25) is 0 Å². The summed E-state index contributed by atoms with van der Waals surface area (Å²) in [6, 6.07) is -0.128. The number of anilines is 1. The Hall–Kier alpha value is -1.98. The van der Waals surface area contributed by atoms with Crippen molar-refractivity contribution in [2.75, 3.05) is 19.0 Å². The van der Waals surface area contributed by atoms with Gasteiger partial charge in [-0.2, -0.15) is 0 Å². The fraction of sp³-hybridized carbons (Fsp3) is 0.455. The van der Waals surface area contributed by atoms with E-state index in [0.717, 1.165) is 11.1 Å². The average molecular weight is 237 g/mol. The van der Waals surface area contributed by atoms with E-state index in [9.17, 15) is 9.59 Å². The fourth-order valence-corrected chi connectivity index (χ4v) is 2.10. The number of carbonyl (C=O) groups is 2. The van der Waals surface area contributed by atoms with E-state index in [1.165, 1.54) is 4.90 Å². The number of urea groups is 1. The molecule has 2 N–H and O–H groups in total. The molecular weight excluding hydrogens is 222 g/mol. The Morgan fingerprint density at radius 1 is 1.47 bits per heavy atom. The van der Waals surface area contributed by atoms with Crippen LogP contribution in [0.25, 0.3) is 0 Å². The van der Waals surface area contributed by atoms with Crippen molar-refractivity contribution in [1.82, 2.24) is 4.90 Å². The quantitative estimate of drug-likeness (QED) is 0.818. The first kappa shape index (κ1) is 11.5. The molecule has 17 heavy (non-hydrogen) atoms. The Bertz CT molecular complexity index is 492. The molecule has 1 aromatic heterocycles. The normalized spacial score (nSPS) is 15.1. The Labute approximate surface area is 99.0 Å². The molecule has 3 amide bonds. The summed E-state index contributed by atoms with van der Waals surface area (Å²) in [5, 5.41) is 0. The third-order valence-corrected chi connectivity index (χ3v) is 2.96. The monoisotopic (exact) mass is 237 g/mol. The molecule has 6 nitrogen and oxygen atoms in total. The molecule has 0 bridgehead atoms. The minimum atomic E-state index is -0.404. The van der Waals surface area contributed by atoms with Gasteiger partial charge in [-0.3, -0.25) is 9.69 Å². The van der Waals surface area contributed by atoms with Crippen molar-refractivity contribution in [1.29, 1.82) is 0 Å². The lowest BCUT2D eigenvalue weighted by Crippen LogP contribution is -2.42. The minimum absolute atomic E-state index is 0.128. The molecule has 0 radical (unpaired) electrons. The molecule has 6 heteroatoms. The van der Waals surface area contributed by atoms with E-state index >= 15 is 0 Å². The van der Waals surface area contributed by atoms with Crippen LogP contribution in [0.3, 0.4) is 0 Å². The number of fused-ring (bicyclic) bond motifs is 1. The van der Waals surface area contributed by atoms with Gasteiger partial charge in [-0.25, -0.2) is 4.79 Å². The van der Waals surface area contributed by atoms with Crippen LogP contribution in [0, 0.1) is 6.92 Å². The van der Waals surface area contributed by atoms with Gasteiger partial charge in [0.2, 0.25) is 11.8 Å². The summed E-state index contributed by atoms with van der Waals surface area (Å²) in [4.78, 5) is 25.8. The molecule has 1 aliphatic rings. The summed E-state index contributed by atoms with van der Waals surface area (Å²) in [5.41, 5.74) is 6.86. The smallest absolute Gasteiger partial charge is 0.326 e. The van der Waals surface area contributed by atoms with Crippen LogP contribution in [0.15, 0.2) is 4.42 Å². The Morgan fingerprint density at radius 3 is 2.71 bits per heavy atom. The first-order valence-electron chi connectivity index (χ1n) is 5.30. The molecule has 0 spiro atoms. The van der Waals surface area contributed by atoms with Crippen molar-refractivity contribution in [3.63, 3.8) is 0 Å². The molecule has 0 atom stereocenters. The number of carbonyl (C=O) groups excluding carboxylic acids is 2. The zero-order valence-corrected chi connectivity index (χ0v) is 10.1. The van der Waals surface area contributed by atoms with E-state index in [1.54, 1.807) is 25.9 Å². The molecule has 1 aliphatic heterocycles. The summed E-state index contributed by atoms with van der Waals surface area (Å²) < 4.78 is 5.54. The van der Waals surface area contributed by atoms with E-state index in [1.807, 2.05) is 0 Å². The second kappa shape index (κ2) is 3.80. The van der Waals surface area contributed by atoms with Gasteiger partial charge in [0.25, 0.3) is 0 Å². The fourth-order valence-electron chi connectivity index (χ4n) is 2.10. The van der Waals surface area contributed by atoms with Crippen LogP contribution in [0.5, 0.6) is 0 Å². The Morgan fingerprint density at radius 2 is 2.12 bits per heavy atom. The predicted molar refractivity (Wildman–Crippen MR) is 61.6 cm³/mol. The summed E-state index contributed by atoms with van der Waals surface area (Å²) in [5.74, 6) is 0.754. The molecule has 92 valence electrons. The van der Waals surface area contributed by atoms with Gasteiger partial charge in [0, 0.05) is 25.2 Å². The molecule has 0 unspecified atom stereocenters. The van der Waals surface area contributed by atoms with E-state index in [2.05, 4.69) is 0 Å². The van der Waals surface area contributed by atoms with Crippen molar-refractivity contribution in [3.8, 4) is 0 Å². The van der Waals surface area contributed by atoms with Gasteiger partial charge in [0.05, 0.1) is 13.0 Å². The molecule has 1 aromatic rings. The number of primary amides is 1. The van der Waals surface area contributed by atoms with E-state index in [4.69, 9.17) is 10.2 Å². The number of amides is 3. The van der Waals surface area contributed by atoms with Crippen molar-refractivity contribution in [3.05, 3.63) is 16.9 Å². The second-order valence-electron chi connectivity index (χ2n) is 4.26. The molecular formula is C11H15N3O3. The largest absolute Gasteiger partial charge is 0.445 e. The van der Waals surface area contributed by atoms with Crippen LogP contribution in [0.4, 0.5) is 10.7 Å². The van der Waals surface area contributed by atoms with Gasteiger partial charge in [0.1, 0.15) is 5.76 Å². The SMILES string of the molecule is Cc1oc2c(c1CC(N)=O)CN(C)C(=O)N2C. The molecule has 0 saturated heterocycles. The predicted octanol–water partition coefficient (Wildman–Crippen LogP) is 0.617. The molecule has 0 saturated carbocycles. The summed E-state index contributed by atoms with van der Waals surface area (Å²) >= 11 is 0. The average Bonchev–Trinajstić information content (AvgIpc) is 2.53. The highest BCUT2D eigenvalue weighted by Crippen LogP contribution is 2.34. The van der Waals surface area contributed by atoms with Crippen LogP contribution >= 0.6 is 0 Å². The van der Waals surface area contributed by atoms with Crippen molar-refractivity contribution >= 4 is 17.8 Å². The lowest BCUT2D eigenvalue weighted by Gasteiger charge is -2.29. The Balaban J connectivity index is 2.49. The Kier molecular flexibility index (Phi) is 2.57. The number of nitrogens with zero attached hydrogens (tertiary/aromatic N) is 2. The lowest BCUT2D eigenvalue weighted by molar-refractivity contribution is -0.117. The van der Waals surface area contributed by atoms with E-state index < -0.39 is 5.91 Å². The summed E-state index contributed by atoms with van der Waals surface area (Å²) in [6.07, 6.45) is 0.139. The van der Waals surface area contributed by atoms with Gasteiger partial charge in [-0.15, -0.1) is 0 Å². The first-order valence-corrected chi connectivity index (χ1v) is 5.30. The summed E-state index contributed by atoms with van der Waals surface area (Å²) in [6.45, 7) is 2.22. The number of aryl methyl sites for hydroxylation is 1. The van der Waals surface area contributed by atoms with Crippen molar-refractivity contribution < 1.29 is 14.0 Å².